The van der Waals surface area contributed by atoms with E-state index in [9.17, 15) is 4.79 Å². The highest BCUT2D eigenvalue weighted by molar-refractivity contribution is 5.66. The molecule has 108 valence electrons. The highest BCUT2D eigenvalue weighted by atomic mass is 16.4. The standard InChI is InChI=1S/C14H25N3O2/c1-12-13(17(2)16-15-12)10-8-6-4-3-5-7-9-11-14(18)19/h3-11H2,1-2H3,(H,18,19). The first-order chi connectivity index (χ1) is 9.11. The number of carboxylic acids is 1. The van der Waals surface area contributed by atoms with Gasteiger partial charge in [0.25, 0.3) is 0 Å². The molecule has 5 nitrogen and oxygen atoms in total. The van der Waals surface area contributed by atoms with Gasteiger partial charge in [0.2, 0.25) is 0 Å². The second kappa shape index (κ2) is 8.67. The summed E-state index contributed by atoms with van der Waals surface area (Å²) in [6, 6.07) is 0. The Morgan fingerprint density at radius 2 is 1.68 bits per heavy atom. The van der Waals surface area contributed by atoms with Crippen molar-refractivity contribution in [2.24, 2.45) is 7.05 Å². The molecule has 0 unspecified atom stereocenters. The molecule has 1 rings (SSSR count). The zero-order valence-corrected chi connectivity index (χ0v) is 12.1. The van der Waals surface area contributed by atoms with Gasteiger partial charge in [0.05, 0.1) is 11.4 Å². The SMILES string of the molecule is Cc1nnn(C)c1CCCCCCCCCC(=O)O. The lowest BCUT2D eigenvalue weighted by Gasteiger charge is -2.03. The summed E-state index contributed by atoms with van der Waals surface area (Å²) in [4.78, 5) is 10.3. The molecule has 0 saturated carbocycles. The summed E-state index contributed by atoms with van der Waals surface area (Å²) in [7, 11) is 1.94. The minimum absolute atomic E-state index is 0.312. The van der Waals surface area contributed by atoms with Gasteiger partial charge >= 0.3 is 5.97 Å². The van der Waals surface area contributed by atoms with Crippen molar-refractivity contribution in [3.63, 3.8) is 0 Å². The Morgan fingerprint density at radius 1 is 1.11 bits per heavy atom. The van der Waals surface area contributed by atoms with Crippen LogP contribution in [0.3, 0.4) is 0 Å². The van der Waals surface area contributed by atoms with Crippen LogP contribution in [0.25, 0.3) is 0 Å². The van der Waals surface area contributed by atoms with Crippen molar-refractivity contribution in [1.29, 1.82) is 0 Å². The molecule has 19 heavy (non-hydrogen) atoms. The average Bonchev–Trinajstić information content (AvgIpc) is 2.67. The Hall–Kier alpha value is -1.39. The van der Waals surface area contributed by atoms with Crippen LogP contribution in [0.5, 0.6) is 0 Å². The Labute approximate surface area is 115 Å². The van der Waals surface area contributed by atoms with Crippen LogP contribution in [0, 0.1) is 6.92 Å². The van der Waals surface area contributed by atoms with E-state index in [0.717, 1.165) is 31.4 Å². The number of aryl methyl sites for hydroxylation is 2. The number of hydrogen-bond acceptors (Lipinski definition) is 3. The van der Waals surface area contributed by atoms with E-state index >= 15 is 0 Å². The lowest BCUT2D eigenvalue weighted by Crippen LogP contribution is -1.99. The predicted molar refractivity (Wildman–Crippen MR) is 74.0 cm³/mol. The molecule has 1 heterocycles. The smallest absolute Gasteiger partial charge is 0.303 e. The van der Waals surface area contributed by atoms with Crippen LogP contribution in [-0.2, 0) is 18.3 Å². The quantitative estimate of drug-likeness (QED) is 0.662. The molecule has 1 aromatic heterocycles. The Morgan fingerprint density at radius 3 is 2.21 bits per heavy atom. The Kier molecular flexibility index (Phi) is 7.15. The third-order valence-corrected chi connectivity index (χ3v) is 3.44. The molecular formula is C14H25N3O2. The van der Waals surface area contributed by atoms with Gasteiger partial charge in [-0.05, 0) is 26.2 Å². The first-order valence-electron chi connectivity index (χ1n) is 7.18. The van der Waals surface area contributed by atoms with E-state index in [-0.39, 0.29) is 0 Å². The first kappa shape index (κ1) is 15.7. The van der Waals surface area contributed by atoms with E-state index in [1.165, 1.54) is 31.4 Å². The highest BCUT2D eigenvalue weighted by Gasteiger charge is 2.05. The van der Waals surface area contributed by atoms with Gasteiger partial charge < -0.3 is 5.11 Å². The van der Waals surface area contributed by atoms with Crippen LogP contribution < -0.4 is 0 Å². The van der Waals surface area contributed by atoms with Gasteiger partial charge in [0.15, 0.2) is 0 Å². The van der Waals surface area contributed by atoms with Gasteiger partial charge in [0, 0.05) is 13.5 Å². The summed E-state index contributed by atoms with van der Waals surface area (Å²) >= 11 is 0. The second-order valence-corrected chi connectivity index (χ2v) is 5.11. The molecule has 0 aliphatic heterocycles. The second-order valence-electron chi connectivity index (χ2n) is 5.11. The lowest BCUT2D eigenvalue weighted by atomic mass is 10.1. The predicted octanol–water partition coefficient (Wildman–Crippen LogP) is 2.87. The monoisotopic (exact) mass is 267 g/mol. The summed E-state index contributed by atoms with van der Waals surface area (Å²) in [6.45, 7) is 2.00. The molecule has 0 atom stereocenters. The van der Waals surface area contributed by atoms with Crippen molar-refractivity contribution >= 4 is 5.97 Å². The number of rotatable bonds is 10. The first-order valence-corrected chi connectivity index (χ1v) is 7.18. The van der Waals surface area contributed by atoms with Gasteiger partial charge in [-0.2, -0.15) is 0 Å². The number of aromatic nitrogens is 3. The van der Waals surface area contributed by atoms with Crippen molar-refractivity contribution in [1.82, 2.24) is 15.0 Å². The van der Waals surface area contributed by atoms with Crippen LogP contribution in [0.15, 0.2) is 0 Å². The van der Waals surface area contributed by atoms with Gasteiger partial charge in [-0.25, -0.2) is 0 Å². The van der Waals surface area contributed by atoms with Crippen LogP contribution in [0.4, 0.5) is 0 Å². The number of nitrogens with zero attached hydrogens (tertiary/aromatic N) is 3. The summed E-state index contributed by atoms with van der Waals surface area (Å²) in [6.07, 6.45) is 9.22. The fourth-order valence-electron chi connectivity index (χ4n) is 2.28. The molecule has 0 radical (unpaired) electrons. The van der Waals surface area contributed by atoms with Crippen molar-refractivity contribution in [3.05, 3.63) is 11.4 Å². The molecule has 0 aliphatic rings. The maximum absolute atomic E-state index is 10.3. The van der Waals surface area contributed by atoms with Gasteiger partial charge in [-0.15, -0.1) is 5.10 Å². The normalized spacial score (nSPS) is 10.8. The minimum atomic E-state index is -0.680. The third kappa shape index (κ3) is 6.36. The highest BCUT2D eigenvalue weighted by Crippen LogP contribution is 2.12. The third-order valence-electron chi connectivity index (χ3n) is 3.44. The molecule has 0 saturated heterocycles. The van der Waals surface area contributed by atoms with Crippen LogP contribution >= 0.6 is 0 Å². The van der Waals surface area contributed by atoms with E-state index < -0.39 is 5.97 Å². The maximum Gasteiger partial charge on any atom is 0.303 e. The summed E-state index contributed by atoms with van der Waals surface area (Å²) < 4.78 is 1.86. The van der Waals surface area contributed by atoms with Gasteiger partial charge in [-0.3, -0.25) is 9.48 Å². The molecule has 0 spiro atoms. The molecule has 5 heteroatoms. The van der Waals surface area contributed by atoms with Gasteiger partial charge in [-0.1, -0.05) is 37.3 Å². The fourth-order valence-corrected chi connectivity index (χ4v) is 2.28. The summed E-state index contributed by atoms with van der Waals surface area (Å²) in [5, 5.41) is 16.6. The molecule has 0 fully saturated rings. The van der Waals surface area contributed by atoms with E-state index in [1.807, 2.05) is 18.7 Å². The lowest BCUT2D eigenvalue weighted by molar-refractivity contribution is -0.137. The number of unbranched alkanes of at least 4 members (excludes halogenated alkanes) is 6. The Bertz CT molecular complexity index is 369. The molecule has 1 N–H and O–H groups in total. The number of aliphatic carboxylic acids is 1. The van der Waals surface area contributed by atoms with Gasteiger partial charge in [0.1, 0.15) is 0 Å². The minimum Gasteiger partial charge on any atom is -0.481 e. The average molecular weight is 267 g/mol. The largest absolute Gasteiger partial charge is 0.481 e. The van der Waals surface area contributed by atoms with E-state index in [2.05, 4.69) is 10.3 Å². The van der Waals surface area contributed by atoms with E-state index in [4.69, 9.17) is 5.11 Å². The van der Waals surface area contributed by atoms with Crippen LogP contribution in [0.2, 0.25) is 0 Å². The molecule has 0 aromatic carbocycles. The van der Waals surface area contributed by atoms with Crippen molar-refractivity contribution in [2.45, 2.75) is 64.7 Å². The molecular weight excluding hydrogens is 242 g/mol. The molecule has 0 bridgehead atoms. The van der Waals surface area contributed by atoms with Crippen LogP contribution in [-0.4, -0.2) is 26.1 Å². The topological polar surface area (TPSA) is 68.0 Å². The number of hydrogen-bond donors (Lipinski definition) is 1. The zero-order valence-electron chi connectivity index (χ0n) is 12.1. The fraction of sp³-hybridized carbons (Fsp3) is 0.786. The molecule has 1 aromatic rings. The van der Waals surface area contributed by atoms with Crippen molar-refractivity contribution < 1.29 is 9.90 Å². The van der Waals surface area contributed by atoms with E-state index in [0.29, 0.717) is 6.42 Å². The van der Waals surface area contributed by atoms with Crippen LogP contribution in [0.1, 0.15) is 62.8 Å². The molecule has 0 amide bonds. The number of carboxylic acid groups (broad SMARTS) is 1. The summed E-state index contributed by atoms with van der Waals surface area (Å²) in [5.74, 6) is -0.680. The molecule has 0 aliphatic carbocycles. The number of carbonyl (C=O) groups is 1. The Balaban J connectivity index is 1.96. The van der Waals surface area contributed by atoms with E-state index in [1.54, 1.807) is 0 Å². The van der Waals surface area contributed by atoms with Crippen molar-refractivity contribution in [3.8, 4) is 0 Å². The summed E-state index contributed by atoms with van der Waals surface area (Å²) in [5.41, 5.74) is 2.28. The zero-order chi connectivity index (χ0) is 14.1. The van der Waals surface area contributed by atoms with Crippen molar-refractivity contribution in [2.75, 3.05) is 0 Å². The maximum atomic E-state index is 10.3.